The van der Waals surface area contributed by atoms with Crippen molar-refractivity contribution in [2.24, 2.45) is 5.92 Å². The maximum atomic E-state index is 4.70. The number of nitrogens with zero attached hydrogens (tertiary/aromatic N) is 1. The van der Waals surface area contributed by atoms with Gasteiger partial charge in [-0.2, -0.15) is 0 Å². The standard InChI is InChI=1S/C13H24N2S/c1-6-11-12(8-14-7-9(2)3)16-13(15-11)10(4)5/h9-10,14H,6-8H2,1-5H3. The molecule has 0 saturated heterocycles. The van der Waals surface area contributed by atoms with Crippen molar-refractivity contribution in [3.8, 4) is 0 Å². The Kier molecular flexibility index (Phi) is 5.42. The Labute approximate surface area is 103 Å². The Morgan fingerprint density at radius 3 is 2.44 bits per heavy atom. The van der Waals surface area contributed by atoms with E-state index in [1.54, 1.807) is 0 Å². The van der Waals surface area contributed by atoms with Crippen LogP contribution in [0.4, 0.5) is 0 Å². The molecular weight excluding hydrogens is 216 g/mol. The summed E-state index contributed by atoms with van der Waals surface area (Å²) in [6.45, 7) is 13.1. The van der Waals surface area contributed by atoms with Crippen molar-refractivity contribution in [2.75, 3.05) is 6.54 Å². The van der Waals surface area contributed by atoms with Crippen LogP contribution in [0.15, 0.2) is 0 Å². The minimum absolute atomic E-state index is 0.550. The minimum atomic E-state index is 0.550. The summed E-state index contributed by atoms with van der Waals surface area (Å²) in [4.78, 5) is 6.13. The summed E-state index contributed by atoms with van der Waals surface area (Å²) in [7, 11) is 0. The second kappa shape index (κ2) is 6.36. The highest BCUT2D eigenvalue weighted by Gasteiger charge is 2.11. The SMILES string of the molecule is CCc1nc(C(C)C)sc1CNCC(C)C. The number of thiazole rings is 1. The van der Waals surface area contributed by atoms with Crippen LogP contribution < -0.4 is 5.32 Å². The fourth-order valence-electron chi connectivity index (χ4n) is 1.54. The predicted molar refractivity (Wildman–Crippen MR) is 72.1 cm³/mol. The first-order valence-electron chi connectivity index (χ1n) is 6.23. The number of nitrogens with one attached hydrogen (secondary N) is 1. The molecule has 0 spiro atoms. The van der Waals surface area contributed by atoms with E-state index in [2.05, 4.69) is 39.9 Å². The Bertz CT molecular complexity index is 316. The highest BCUT2D eigenvalue weighted by molar-refractivity contribution is 7.11. The molecule has 2 nitrogen and oxygen atoms in total. The summed E-state index contributed by atoms with van der Waals surface area (Å²) in [5.41, 5.74) is 1.28. The Balaban J connectivity index is 2.63. The van der Waals surface area contributed by atoms with Crippen LogP contribution in [-0.4, -0.2) is 11.5 Å². The molecular formula is C13H24N2S. The molecule has 1 aromatic heterocycles. The number of hydrogen-bond donors (Lipinski definition) is 1. The number of aromatic nitrogens is 1. The second-order valence-electron chi connectivity index (χ2n) is 4.95. The lowest BCUT2D eigenvalue weighted by molar-refractivity contribution is 0.553. The third-order valence-corrected chi connectivity index (χ3v) is 3.86. The van der Waals surface area contributed by atoms with Crippen molar-refractivity contribution in [1.82, 2.24) is 10.3 Å². The lowest BCUT2D eigenvalue weighted by Crippen LogP contribution is -2.18. The van der Waals surface area contributed by atoms with Gasteiger partial charge in [0.1, 0.15) is 0 Å². The summed E-state index contributed by atoms with van der Waals surface area (Å²) < 4.78 is 0. The summed E-state index contributed by atoms with van der Waals surface area (Å²) in [6, 6.07) is 0. The molecule has 0 amide bonds. The lowest BCUT2D eigenvalue weighted by Gasteiger charge is -2.06. The first-order chi connectivity index (χ1) is 7.54. The van der Waals surface area contributed by atoms with Crippen molar-refractivity contribution < 1.29 is 0 Å². The molecule has 0 radical (unpaired) electrons. The maximum Gasteiger partial charge on any atom is 0.0957 e. The van der Waals surface area contributed by atoms with Gasteiger partial charge in [-0.3, -0.25) is 0 Å². The van der Waals surface area contributed by atoms with Gasteiger partial charge < -0.3 is 5.32 Å². The van der Waals surface area contributed by atoms with Gasteiger partial charge in [-0.25, -0.2) is 4.98 Å². The van der Waals surface area contributed by atoms with E-state index in [0.29, 0.717) is 11.8 Å². The van der Waals surface area contributed by atoms with Crippen LogP contribution in [0.5, 0.6) is 0 Å². The topological polar surface area (TPSA) is 24.9 Å². The maximum absolute atomic E-state index is 4.70. The van der Waals surface area contributed by atoms with Gasteiger partial charge in [0.05, 0.1) is 10.7 Å². The summed E-state index contributed by atoms with van der Waals surface area (Å²) in [5.74, 6) is 1.26. The molecule has 0 aromatic carbocycles. The van der Waals surface area contributed by atoms with Crippen LogP contribution in [0.3, 0.4) is 0 Å². The molecule has 1 aromatic rings. The molecule has 0 fully saturated rings. The molecule has 1 N–H and O–H groups in total. The molecule has 0 saturated carbocycles. The average Bonchev–Trinajstić information content (AvgIpc) is 2.60. The normalized spacial score (nSPS) is 11.7. The van der Waals surface area contributed by atoms with E-state index >= 15 is 0 Å². The third kappa shape index (κ3) is 3.87. The van der Waals surface area contributed by atoms with E-state index in [1.165, 1.54) is 15.6 Å². The molecule has 0 bridgehead atoms. The molecule has 0 aliphatic carbocycles. The minimum Gasteiger partial charge on any atom is -0.312 e. The van der Waals surface area contributed by atoms with E-state index in [4.69, 9.17) is 4.98 Å². The quantitative estimate of drug-likeness (QED) is 0.822. The Hall–Kier alpha value is -0.410. The molecule has 3 heteroatoms. The van der Waals surface area contributed by atoms with Gasteiger partial charge in [-0.15, -0.1) is 11.3 Å². The first kappa shape index (κ1) is 13.7. The van der Waals surface area contributed by atoms with Crippen LogP contribution in [0.25, 0.3) is 0 Å². The van der Waals surface area contributed by atoms with Crippen molar-refractivity contribution in [3.63, 3.8) is 0 Å². The number of aryl methyl sites for hydroxylation is 1. The van der Waals surface area contributed by atoms with Crippen molar-refractivity contribution in [3.05, 3.63) is 15.6 Å². The fraction of sp³-hybridized carbons (Fsp3) is 0.769. The van der Waals surface area contributed by atoms with Crippen molar-refractivity contribution >= 4 is 11.3 Å². The molecule has 1 heterocycles. The fourth-order valence-corrected chi connectivity index (χ4v) is 2.66. The van der Waals surface area contributed by atoms with Gasteiger partial charge in [-0.1, -0.05) is 34.6 Å². The van der Waals surface area contributed by atoms with Crippen molar-refractivity contribution in [1.29, 1.82) is 0 Å². The van der Waals surface area contributed by atoms with Gasteiger partial charge in [0.2, 0.25) is 0 Å². The monoisotopic (exact) mass is 240 g/mol. The molecule has 0 unspecified atom stereocenters. The second-order valence-corrected chi connectivity index (χ2v) is 6.07. The van der Waals surface area contributed by atoms with Gasteiger partial charge in [0.25, 0.3) is 0 Å². The largest absolute Gasteiger partial charge is 0.312 e. The van der Waals surface area contributed by atoms with Crippen LogP contribution >= 0.6 is 11.3 Å². The lowest BCUT2D eigenvalue weighted by atomic mass is 10.2. The molecule has 0 atom stereocenters. The van der Waals surface area contributed by atoms with Crippen LogP contribution in [-0.2, 0) is 13.0 Å². The van der Waals surface area contributed by atoms with Crippen LogP contribution in [0.2, 0.25) is 0 Å². The van der Waals surface area contributed by atoms with Gasteiger partial charge in [0, 0.05) is 17.3 Å². The molecule has 0 aliphatic rings. The highest BCUT2D eigenvalue weighted by atomic mass is 32.1. The van der Waals surface area contributed by atoms with Gasteiger partial charge in [-0.05, 0) is 18.9 Å². The van der Waals surface area contributed by atoms with Gasteiger partial charge >= 0.3 is 0 Å². The van der Waals surface area contributed by atoms with Crippen LogP contribution in [0.1, 0.15) is 56.1 Å². The van der Waals surface area contributed by atoms with E-state index < -0.39 is 0 Å². The Morgan fingerprint density at radius 2 is 1.94 bits per heavy atom. The summed E-state index contributed by atoms with van der Waals surface area (Å²) >= 11 is 1.87. The average molecular weight is 240 g/mol. The first-order valence-corrected chi connectivity index (χ1v) is 7.05. The highest BCUT2D eigenvalue weighted by Crippen LogP contribution is 2.25. The third-order valence-electron chi connectivity index (χ3n) is 2.46. The number of rotatable bonds is 6. The van der Waals surface area contributed by atoms with E-state index in [0.717, 1.165) is 19.5 Å². The number of hydrogen-bond acceptors (Lipinski definition) is 3. The van der Waals surface area contributed by atoms with E-state index in [-0.39, 0.29) is 0 Å². The van der Waals surface area contributed by atoms with Gasteiger partial charge in [0.15, 0.2) is 0 Å². The molecule has 16 heavy (non-hydrogen) atoms. The zero-order chi connectivity index (χ0) is 12.1. The summed E-state index contributed by atoms with van der Waals surface area (Å²) in [5, 5.41) is 4.77. The Morgan fingerprint density at radius 1 is 1.25 bits per heavy atom. The van der Waals surface area contributed by atoms with E-state index in [9.17, 15) is 0 Å². The summed E-state index contributed by atoms with van der Waals surface area (Å²) in [6.07, 6.45) is 1.04. The molecule has 1 rings (SSSR count). The zero-order valence-corrected chi connectivity index (χ0v) is 11.9. The predicted octanol–water partition coefficient (Wildman–Crippen LogP) is 3.57. The van der Waals surface area contributed by atoms with Crippen molar-refractivity contribution in [2.45, 2.75) is 53.5 Å². The molecule has 92 valence electrons. The smallest absolute Gasteiger partial charge is 0.0957 e. The van der Waals surface area contributed by atoms with E-state index in [1.807, 2.05) is 11.3 Å². The zero-order valence-electron chi connectivity index (χ0n) is 11.1. The molecule has 0 aliphatic heterocycles. The van der Waals surface area contributed by atoms with Crippen LogP contribution in [0, 0.1) is 5.92 Å².